The van der Waals surface area contributed by atoms with Crippen molar-refractivity contribution in [2.75, 3.05) is 31.6 Å². The highest BCUT2D eigenvalue weighted by Crippen LogP contribution is 2.31. The fourth-order valence-electron chi connectivity index (χ4n) is 3.71. The Labute approximate surface area is 175 Å². The van der Waals surface area contributed by atoms with Crippen molar-refractivity contribution < 1.29 is 21.6 Å². The molecule has 11 heteroatoms. The molecular weight excluding hydrogens is 447 g/mol. The van der Waals surface area contributed by atoms with E-state index in [2.05, 4.69) is 0 Å². The van der Waals surface area contributed by atoms with Crippen LogP contribution in [0.4, 0.5) is 0 Å². The summed E-state index contributed by atoms with van der Waals surface area (Å²) in [4.78, 5) is 14.2. The average molecular weight is 469 g/mol. The predicted molar refractivity (Wildman–Crippen MR) is 108 cm³/mol. The second kappa shape index (κ2) is 8.10. The van der Waals surface area contributed by atoms with Crippen LogP contribution in [0.1, 0.15) is 19.3 Å². The first-order valence-corrected chi connectivity index (χ1v) is 13.0. The molecule has 0 bridgehead atoms. The quantitative estimate of drug-likeness (QED) is 0.673. The topological polar surface area (TPSA) is 91.8 Å². The Bertz CT molecular complexity index is 973. The van der Waals surface area contributed by atoms with E-state index in [9.17, 15) is 21.6 Å². The van der Waals surface area contributed by atoms with Crippen molar-refractivity contribution in [2.24, 2.45) is 5.92 Å². The molecule has 1 atom stereocenters. The van der Waals surface area contributed by atoms with Gasteiger partial charge in [-0.05, 0) is 37.5 Å². The molecule has 1 aromatic carbocycles. The lowest BCUT2D eigenvalue weighted by atomic mass is 9.96. The molecule has 2 aliphatic rings. The van der Waals surface area contributed by atoms with Crippen LogP contribution in [-0.4, -0.2) is 69.6 Å². The van der Waals surface area contributed by atoms with Crippen LogP contribution in [0, 0.1) is 5.92 Å². The maximum atomic E-state index is 12.9. The van der Waals surface area contributed by atoms with E-state index in [1.807, 2.05) is 0 Å². The van der Waals surface area contributed by atoms with Gasteiger partial charge in [-0.15, -0.1) is 0 Å². The van der Waals surface area contributed by atoms with E-state index < -0.39 is 19.9 Å². The largest absolute Gasteiger partial charge is 0.341 e. The van der Waals surface area contributed by atoms with Gasteiger partial charge in [-0.2, -0.15) is 4.31 Å². The molecule has 28 heavy (non-hydrogen) atoms. The predicted octanol–water partition coefficient (Wildman–Crippen LogP) is 2.04. The number of hydrogen-bond donors (Lipinski definition) is 0. The lowest BCUT2D eigenvalue weighted by Gasteiger charge is -2.34. The smallest absolute Gasteiger partial charge is 0.244 e. The van der Waals surface area contributed by atoms with Crippen LogP contribution in [0.5, 0.6) is 0 Å². The molecule has 3 rings (SSSR count). The van der Waals surface area contributed by atoms with Gasteiger partial charge in [0.2, 0.25) is 15.9 Å². The molecule has 1 aromatic rings. The monoisotopic (exact) mass is 468 g/mol. The molecule has 0 saturated carbocycles. The minimum absolute atomic E-state index is 0.00424. The molecule has 0 N–H and O–H groups in total. The van der Waals surface area contributed by atoms with Crippen molar-refractivity contribution in [3.05, 3.63) is 28.2 Å². The number of halogens is 2. The number of sulfone groups is 1. The van der Waals surface area contributed by atoms with Gasteiger partial charge in [0.05, 0.1) is 16.5 Å². The van der Waals surface area contributed by atoms with Gasteiger partial charge >= 0.3 is 0 Å². The summed E-state index contributed by atoms with van der Waals surface area (Å²) >= 11 is 12.0. The standard InChI is InChI=1S/C17H22Cl2N2O5S2/c1-20(14-6-9-27(23,24)11-14)17(22)12-4-7-21(8-5-12)28(25,26)16-10-13(18)2-3-15(16)19/h2-3,10,12,14H,4-9,11H2,1H3. The number of benzene rings is 1. The van der Waals surface area contributed by atoms with E-state index in [1.165, 1.54) is 27.4 Å². The Hall–Kier alpha value is -0.870. The molecule has 156 valence electrons. The number of carbonyl (C=O) groups is 1. The third kappa shape index (κ3) is 4.48. The van der Waals surface area contributed by atoms with Crippen molar-refractivity contribution in [1.29, 1.82) is 0 Å². The van der Waals surface area contributed by atoms with Crippen LogP contribution in [0.2, 0.25) is 10.0 Å². The first-order valence-electron chi connectivity index (χ1n) is 8.93. The maximum absolute atomic E-state index is 12.9. The number of carbonyl (C=O) groups excluding carboxylic acids is 1. The highest BCUT2D eigenvalue weighted by atomic mass is 35.5. The Morgan fingerprint density at radius 2 is 1.82 bits per heavy atom. The van der Waals surface area contributed by atoms with Gasteiger partial charge in [-0.1, -0.05) is 23.2 Å². The van der Waals surface area contributed by atoms with Gasteiger partial charge in [0, 0.05) is 37.1 Å². The highest BCUT2D eigenvalue weighted by molar-refractivity contribution is 7.91. The van der Waals surface area contributed by atoms with Crippen LogP contribution < -0.4 is 0 Å². The number of sulfonamides is 1. The van der Waals surface area contributed by atoms with Crippen molar-refractivity contribution in [3.63, 3.8) is 0 Å². The Balaban J connectivity index is 1.65. The van der Waals surface area contributed by atoms with Crippen LogP contribution in [0.25, 0.3) is 0 Å². The summed E-state index contributed by atoms with van der Waals surface area (Å²) in [5.74, 6) is -0.350. The van der Waals surface area contributed by atoms with Crippen LogP contribution in [0.15, 0.2) is 23.1 Å². The van der Waals surface area contributed by atoms with E-state index in [4.69, 9.17) is 23.2 Å². The number of nitrogens with zero attached hydrogens (tertiary/aromatic N) is 2. The zero-order valence-corrected chi connectivity index (χ0v) is 18.5. The zero-order chi connectivity index (χ0) is 20.7. The Morgan fingerprint density at radius 3 is 2.39 bits per heavy atom. The second-order valence-corrected chi connectivity index (χ2v) is 12.2. The third-order valence-electron chi connectivity index (χ3n) is 5.42. The van der Waals surface area contributed by atoms with Crippen molar-refractivity contribution in [3.8, 4) is 0 Å². The van der Waals surface area contributed by atoms with Gasteiger partial charge in [-0.3, -0.25) is 4.79 Å². The summed E-state index contributed by atoms with van der Waals surface area (Å²) in [6.45, 7) is 0.386. The molecule has 2 fully saturated rings. The Kier molecular flexibility index (Phi) is 6.32. The summed E-state index contributed by atoms with van der Waals surface area (Å²) in [5.41, 5.74) is 0. The van der Waals surface area contributed by atoms with Gasteiger partial charge in [-0.25, -0.2) is 16.8 Å². The van der Waals surface area contributed by atoms with Crippen molar-refractivity contribution in [1.82, 2.24) is 9.21 Å². The number of amides is 1. The van der Waals surface area contributed by atoms with E-state index in [0.29, 0.717) is 19.3 Å². The molecule has 2 saturated heterocycles. The van der Waals surface area contributed by atoms with E-state index in [0.717, 1.165) is 0 Å². The fourth-order valence-corrected chi connectivity index (χ4v) is 7.69. The van der Waals surface area contributed by atoms with E-state index in [-0.39, 0.29) is 57.4 Å². The van der Waals surface area contributed by atoms with E-state index in [1.54, 1.807) is 7.05 Å². The third-order valence-corrected chi connectivity index (χ3v) is 9.78. The van der Waals surface area contributed by atoms with Gasteiger partial charge < -0.3 is 4.90 Å². The maximum Gasteiger partial charge on any atom is 0.244 e. The molecule has 7 nitrogen and oxygen atoms in total. The number of hydrogen-bond acceptors (Lipinski definition) is 5. The zero-order valence-electron chi connectivity index (χ0n) is 15.3. The average Bonchev–Trinajstić information content (AvgIpc) is 3.02. The molecule has 2 aliphatic heterocycles. The molecule has 0 aromatic heterocycles. The summed E-state index contributed by atoms with van der Waals surface area (Å²) in [7, 11) is -5.25. The minimum atomic E-state index is -3.80. The van der Waals surface area contributed by atoms with Crippen LogP contribution in [-0.2, 0) is 24.7 Å². The van der Waals surface area contributed by atoms with Crippen LogP contribution in [0.3, 0.4) is 0 Å². The SMILES string of the molecule is CN(C(=O)C1CCN(S(=O)(=O)c2cc(Cl)ccc2Cl)CC1)C1CCS(=O)(=O)C1. The molecule has 2 heterocycles. The molecule has 1 unspecified atom stereocenters. The van der Waals surface area contributed by atoms with Gasteiger partial charge in [0.1, 0.15) is 4.90 Å². The second-order valence-electron chi connectivity index (χ2n) is 7.26. The normalized spacial score (nSPS) is 23.6. The summed E-state index contributed by atoms with van der Waals surface area (Å²) < 4.78 is 50.4. The summed E-state index contributed by atoms with van der Waals surface area (Å²) in [5, 5.41) is 0.381. The highest BCUT2D eigenvalue weighted by Gasteiger charge is 2.38. The number of piperidine rings is 1. The lowest BCUT2D eigenvalue weighted by Crippen LogP contribution is -2.46. The molecular formula is C17H22Cl2N2O5S2. The molecule has 0 radical (unpaired) electrons. The minimum Gasteiger partial charge on any atom is -0.341 e. The van der Waals surface area contributed by atoms with Crippen molar-refractivity contribution >= 4 is 49.0 Å². The Morgan fingerprint density at radius 1 is 1.18 bits per heavy atom. The van der Waals surface area contributed by atoms with Gasteiger partial charge in [0.25, 0.3) is 0 Å². The first kappa shape index (κ1) is 21.8. The van der Waals surface area contributed by atoms with Crippen LogP contribution >= 0.6 is 23.2 Å². The lowest BCUT2D eigenvalue weighted by molar-refractivity contribution is -0.137. The van der Waals surface area contributed by atoms with E-state index >= 15 is 0 Å². The molecule has 0 aliphatic carbocycles. The number of rotatable bonds is 4. The van der Waals surface area contributed by atoms with Gasteiger partial charge in [0.15, 0.2) is 9.84 Å². The summed E-state index contributed by atoms with van der Waals surface area (Å²) in [6, 6.07) is 3.99. The first-order chi connectivity index (χ1) is 13.0. The summed E-state index contributed by atoms with van der Waals surface area (Å²) in [6.07, 6.45) is 1.20. The fraction of sp³-hybridized carbons (Fsp3) is 0.588. The molecule has 0 spiro atoms. The van der Waals surface area contributed by atoms with Crippen molar-refractivity contribution in [2.45, 2.75) is 30.2 Å². The molecule has 1 amide bonds.